The largest absolute Gasteiger partial charge is 0.506 e. The molecule has 2 aromatic rings. The van der Waals surface area contributed by atoms with Crippen LogP contribution in [0.4, 0.5) is 0 Å². The van der Waals surface area contributed by atoms with Crippen LogP contribution in [0.15, 0.2) is 24.3 Å². The zero-order valence-corrected chi connectivity index (χ0v) is 7.73. The number of carbonyl (C=O) groups excluding carboxylic acids is 1. The standard InChI is InChI=1S/C11H7NO3/c13-10-6-3-1-2-4-7(6)12-8-5-15-11(14)9(8)10/h1-4H,5H2,(H,12,13). The first-order chi connectivity index (χ1) is 7.27. The van der Waals surface area contributed by atoms with E-state index in [-0.39, 0.29) is 17.9 Å². The van der Waals surface area contributed by atoms with E-state index in [1.54, 1.807) is 18.2 Å². The van der Waals surface area contributed by atoms with Crippen LogP contribution in [0, 0.1) is 0 Å². The lowest BCUT2D eigenvalue weighted by Gasteiger charge is -2.02. The van der Waals surface area contributed by atoms with Crippen LogP contribution >= 0.6 is 0 Å². The van der Waals surface area contributed by atoms with E-state index in [2.05, 4.69) is 4.98 Å². The van der Waals surface area contributed by atoms with E-state index in [4.69, 9.17) is 4.74 Å². The van der Waals surface area contributed by atoms with Crippen molar-refractivity contribution in [3.63, 3.8) is 0 Å². The summed E-state index contributed by atoms with van der Waals surface area (Å²) in [6, 6.07) is 7.14. The summed E-state index contributed by atoms with van der Waals surface area (Å²) in [6.45, 7) is 0.145. The first-order valence-electron chi connectivity index (χ1n) is 4.55. The molecule has 1 aliphatic rings. The highest BCUT2D eigenvalue weighted by molar-refractivity contribution is 6.02. The number of nitrogens with zero attached hydrogens (tertiary/aromatic N) is 1. The van der Waals surface area contributed by atoms with E-state index in [0.29, 0.717) is 16.6 Å². The van der Waals surface area contributed by atoms with Crippen LogP contribution in [0.1, 0.15) is 16.1 Å². The molecule has 15 heavy (non-hydrogen) atoms. The van der Waals surface area contributed by atoms with Gasteiger partial charge in [0, 0.05) is 5.39 Å². The highest BCUT2D eigenvalue weighted by Crippen LogP contribution is 2.33. The lowest BCUT2D eigenvalue weighted by atomic mass is 10.1. The van der Waals surface area contributed by atoms with E-state index < -0.39 is 5.97 Å². The molecule has 0 unspecified atom stereocenters. The second-order valence-electron chi connectivity index (χ2n) is 3.38. The van der Waals surface area contributed by atoms with Crippen molar-refractivity contribution >= 4 is 16.9 Å². The molecule has 0 saturated carbocycles. The number of hydrogen-bond acceptors (Lipinski definition) is 4. The molecular formula is C11H7NO3. The Balaban J connectivity index is 2.46. The highest BCUT2D eigenvalue weighted by Gasteiger charge is 2.28. The Morgan fingerprint density at radius 2 is 2.13 bits per heavy atom. The van der Waals surface area contributed by atoms with Gasteiger partial charge in [-0.1, -0.05) is 12.1 Å². The minimum Gasteiger partial charge on any atom is -0.506 e. The molecule has 1 aliphatic heterocycles. The number of ether oxygens (including phenoxy) is 1. The number of aromatic nitrogens is 1. The maximum absolute atomic E-state index is 11.3. The second kappa shape index (κ2) is 2.70. The van der Waals surface area contributed by atoms with Crippen molar-refractivity contribution in [3.05, 3.63) is 35.5 Å². The number of hydrogen-bond donors (Lipinski definition) is 1. The Hall–Kier alpha value is -2.10. The molecule has 0 atom stereocenters. The maximum Gasteiger partial charge on any atom is 0.344 e. The number of para-hydroxylation sites is 1. The van der Waals surface area contributed by atoms with Gasteiger partial charge in [-0.05, 0) is 12.1 Å². The normalized spacial score (nSPS) is 14.0. The fraction of sp³-hybridized carbons (Fsp3) is 0.0909. The lowest BCUT2D eigenvalue weighted by Crippen LogP contribution is -1.96. The molecular weight excluding hydrogens is 194 g/mol. The molecule has 0 radical (unpaired) electrons. The predicted octanol–water partition coefficient (Wildman–Crippen LogP) is 1.61. The summed E-state index contributed by atoms with van der Waals surface area (Å²) in [7, 11) is 0. The quantitative estimate of drug-likeness (QED) is 0.658. The Morgan fingerprint density at radius 1 is 1.33 bits per heavy atom. The van der Waals surface area contributed by atoms with Gasteiger partial charge < -0.3 is 9.84 Å². The molecule has 3 rings (SSSR count). The van der Waals surface area contributed by atoms with E-state index in [0.717, 1.165) is 0 Å². The van der Waals surface area contributed by atoms with Crippen LogP contribution in [0.5, 0.6) is 5.75 Å². The van der Waals surface area contributed by atoms with Crippen molar-refractivity contribution < 1.29 is 14.6 Å². The molecule has 1 aromatic heterocycles. The molecule has 1 N–H and O–H groups in total. The minimum absolute atomic E-state index is 0.0295. The fourth-order valence-corrected chi connectivity index (χ4v) is 1.77. The Bertz CT molecular complexity index is 577. The summed E-state index contributed by atoms with van der Waals surface area (Å²) < 4.78 is 4.81. The summed E-state index contributed by atoms with van der Waals surface area (Å²) in [5, 5.41) is 10.5. The Labute approximate surface area is 85.1 Å². The predicted molar refractivity (Wildman–Crippen MR) is 52.5 cm³/mol. The molecule has 0 aliphatic carbocycles. The number of benzene rings is 1. The molecule has 0 amide bonds. The zero-order valence-electron chi connectivity index (χ0n) is 7.73. The molecule has 0 saturated heterocycles. The van der Waals surface area contributed by atoms with Crippen LogP contribution in [0.25, 0.3) is 10.9 Å². The van der Waals surface area contributed by atoms with Gasteiger partial charge in [-0.25, -0.2) is 9.78 Å². The van der Waals surface area contributed by atoms with Crippen molar-refractivity contribution in [3.8, 4) is 5.75 Å². The molecule has 2 heterocycles. The number of carbonyl (C=O) groups is 1. The van der Waals surface area contributed by atoms with Crippen LogP contribution in [-0.2, 0) is 11.3 Å². The topological polar surface area (TPSA) is 59.4 Å². The lowest BCUT2D eigenvalue weighted by molar-refractivity contribution is 0.0531. The third-order valence-electron chi connectivity index (χ3n) is 2.48. The summed E-state index contributed by atoms with van der Waals surface area (Å²) in [4.78, 5) is 15.6. The first-order valence-corrected chi connectivity index (χ1v) is 4.55. The molecule has 4 heteroatoms. The van der Waals surface area contributed by atoms with Crippen molar-refractivity contribution in [2.75, 3.05) is 0 Å². The monoisotopic (exact) mass is 201 g/mol. The number of fused-ring (bicyclic) bond motifs is 2. The SMILES string of the molecule is O=C1OCc2nc3ccccc3c(O)c21. The average Bonchev–Trinajstić information content (AvgIpc) is 2.61. The van der Waals surface area contributed by atoms with E-state index in [1.165, 1.54) is 0 Å². The smallest absolute Gasteiger partial charge is 0.344 e. The molecule has 4 nitrogen and oxygen atoms in total. The molecule has 1 aromatic carbocycles. The van der Waals surface area contributed by atoms with E-state index >= 15 is 0 Å². The zero-order chi connectivity index (χ0) is 10.4. The number of pyridine rings is 1. The number of rotatable bonds is 0. The van der Waals surface area contributed by atoms with Gasteiger partial charge in [-0.3, -0.25) is 0 Å². The van der Waals surface area contributed by atoms with E-state index in [9.17, 15) is 9.90 Å². The number of cyclic esters (lactones) is 1. The van der Waals surface area contributed by atoms with Gasteiger partial charge in [0.05, 0.1) is 11.2 Å². The number of aromatic hydroxyl groups is 1. The van der Waals surface area contributed by atoms with Crippen LogP contribution in [-0.4, -0.2) is 16.1 Å². The maximum atomic E-state index is 11.3. The third-order valence-corrected chi connectivity index (χ3v) is 2.48. The van der Waals surface area contributed by atoms with Crippen LogP contribution in [0.2, 0.25) is 0 Å². The summed E-state index contributed by atoms with van der Waals surface area (Å²) >= 11 is 0. The van der Waals surface area contributed by atoms with Gasteiger partial charge in [-0.15, -0.1) is 0 Å². The Morgan fingerprint density at radius 3 is 3.00 bits per heavy atom. The number of esters is 1. The summed E-state index contributed by atoms with van der Waals surface area (Å²) in [5.74, 6) is -0.529. The van der Waals surface area contributed by atoms with Crippen molar-refractivity contribution in [1.29, 1.82) is 0 Å². The Kier molecular flexibility index (Phi) is 1.48. The fourth-order valence-electron chi connectivity index (χ4n) is 1.77. The van der Waals surface area contributed by atoms with E-state index in [1.807, 2.05) is 6.07 Å². The van der Waals surface area contributed by atoms with Crippen LogP contribution in [0.3, 0.4) is 0 Å². The molecule has 74 valence electrons. The molecule has 0 fully saturated rings. The van der Waals surface area contributed by atoms with Crippen molar-refractivity contribution in [1.82, 2.24) is 4.98 Å². The van der Waals surface area contributed by atoms with Crippen LogP contribution < -0.4 is 0 Å². The average molecular weight is 201 g/mol. The van der Waals surface area contributed by atoms with Crippen molar-refractivity contribution in [2.24, 2.45) is 0 Å². The molecule has 0 spiro atoms. The second-order valence-corrected chi connectivity index (χ2v) is 3.38. The van der Waals surface area contributed by atoms with Gasteiger partial charge in [0.1, 0.15) is 17.9 Å². The van der Waals surface area contributed by atoms with Gasteiger partial charge in [0.15, 0.2) is 0 Å². The van der Waals surface area contributed by atoms with Gasteiger partial charge >= 0.3 is 5.97 Å². The van der Waals surface area contributed by atoms with Gasteiger partial charge in [0.2, 0.25) is 0 Å². The summed E-state index contributed by atoms with van der Waals surface area (Å²) in [5.41, 5.74) is 1.39. The highest BCUT2D eigenvalue weighted by atomic mass is 16.5. The van der Waals surface area contributed by atoms with Crippen molar-refractivity contribution in [2.45, 2.75) is 6.61 Å². The van der Waals surface area contributed by atoms with Gasteiger partial charge in [-0.2, -0.15) is 0 Å². The van der Waals surface area contributed by atoms with Gasteiger partial charge in [0.25, 0.3) is 0 Å². The summed E-state index contributed by atoms with van der Waals surface area (Å²) in [6.07, 6.45) is 0. The first kappa shape index (κ1) is 8.23. The minimum atomic E-state index is -0.499. The third kappa shape index (κ3) is 1.01. The molecule has 0 bridgehead atoms.